The van der Waals surface area contributed by atoms with Crippen LogP contribution >= 0.6 is 0 Å². The molecule has 0 aromatic heterocycles. The highest BCUT2D eigenvalue weighted by atomic mass is 16.5. The number of piperidine rings is 1. The molecule has 0 spiro atoms. The molecule has 0 saturated carbocycles. The Labute approximate surface area is 125 Å². The molecule has 112 valence electrons. The number of carboxylic acids is 1. The summed E-state index contributed by atoms with van der Waals surface area (Å²) in [4.78, 5) is 13.5. The number of carbonyl (C=O) groups is 1. The number of carboxylic acid groups (broad SMARTS) is 1. The molecule has 2 atom stereocenters. The smallest absolute Gasteiger partial charge is 0.328 e. The average Bonchev–Trinajstić information content (AvgIpc) is 2.45. The van der Waals surface area contributed by atoms with E-state index in [1.54, 1.807) is 7.11 Å². The van der Waals surface area contributed by atoms with Gasteiger partial charge in [-0.3, -0.25) is 4.90 Å². The van der Waals surface area contributed by atoms with Gasteiger partial charge in [0.05, 0.1) is 7.11 Å². The zero-order chi connectivity index (χ0) is 15.2. The summed E-state index contributed by atoms with van der Waals surface area (Å²) in [6, 6.07) is 6.37. The van der Waals surface area contributed by atoms with E-state index < -0.39 is 5.97 Å². The van der Waals surface area contributed by atoms with Crippen LogP contribution in [0.25, 0.3) is 0 Å². The molecule has 21 heavy (non-hydrogen) atoms. The number of benzene rings is 1. The van der Waals surface area contributed by atoms with Crippen LogP contribution in [-0.2, 0) is 16.6 Å². The summed E-state index contributed by atoms with van der Waals surface area (Å²) in [7, 11) is 3.74. The highest BCUT2D eigenvalue weighted by Crippen LogP contribution is 2.48. The number of fused-ring (bicyclic) bond motifs is 4. The van der Waals surface area contributed by atoms with Crippen molar-refractivity contribution < 1.29 is 14.6 Å². The molecule has 1 heterocycles. The third-order valence-electron chi connectivity index (χ3n) is 5.10. The first-order chi connectivity index (χ1) is 9.95. The number of likely N-dealkylation sites (N-methyl/N-ethyl adjacent to an activating group) is 1. The van der Waals surface area contributed by atoms with Gasteiger partial charge in [-0.05, 0) is 55.3 Å². The third kappa shape index (κ3) is 2.14. The van der Waals surface area contributed by atoms with Crippen molar-refractivity contribution in [1.82, 2.24) is 4.90 Å². The van der Waals surface area contributed by atoms with Crippen LogP contribution in [-0.4, -0.2) is 42.7 Å². The second-order valence-corrected chi connectivity index (χ2v) is 6.24. The summed E-state index contributed by atoms with van der Waals surface area (Å²) < 4.78 is 5.35. The Kier molecular flexibility index (Phi) is 3.29. The number of rotatable bonds is 2. The average molecular weight is 287 g/mol. The van der Waals surface area contributed by atoms with Gasteiger partial charge in [-0.2, -0.15) is 0 Å². The first kappa shape index (κ1) is 14.1. The highest BCUT2D eigenvalue weighted by molar-refractivity contribution is 5.82. The van der Waals surface area contributed by atoms with Crippen molar-refractivity contribution in [2.24, 2.45) is 0 Å². The van der Waals surface area contributed by atoms with Crippen molar-refractivity contribution in [1.29, 1.82) is 0 Å². The summed E-state index contributed by atoms with van der Waals surface area (Å²) >= 11 is 0. The van der Waals surface area contributed by atoms with Gasteiger partial charge in [0.2, 0.25) is 0 Å². The molecule has 1 aromatic carbocycles. The summed E-state index contributed by atoms with van der Waals surface area (Å²) in [5.74, 6) is -0.0232. The van der Waals surface area contributed by atoms with Crippen LogP contribution in [0.4, 0.5) is 0 Å². The SMILES string of the molecule is COc1ccc2c(c1)C1(C)CCN(C)C(C2)/C1=C\C(=O)O. The van der Waals surface area contributed by atoms with Gasteiger partial charge >= 0.3 is 5.97 Å². The van der Waals surface area contributed by atoms with Crippen molar-refractivity contribution >= 4 is 5.97 Å². The van der Waals surface area contributed by atoms with E-state index in [0.717, 1.165) is 30.7 Å². The van der Waals surface area contributed by atoms with Gasteiger partial charge in [-0.25, -0.2) is 4.79 Å². The molecule has 4 heteroatoms. The van der Waals surface area contributed by atoms with Gasteiger partial charge in [0.1, 0.15) is 5.75 Å². The van der Waals surface area contributed by atoms with E-state index in [-0.39, 0.29) is 11.5 Å². The molecule has 1 aliphatic heterocycles. The second-order valence-electron chi connectivity index (χ2n) is 6.24. The minimum atomic E-state index is -0.858. The number of methoxy groups -OCH3 is 1. The maximum absolute atomic E-state index is 11.3. The van der Waals surface area contributed by atoms with E-state index in [1.807, 2.05) is 6.07 Å². The molecule has 3 rings (SSSR count). The van der Waals surface area contributed by atoms with Crippen LogP contribution in [0.5, 0.6) is 5.75 Å². The van der Waals surface area contributed by atoms with Crippen LogP contribution in [0.15, 0.2) is 29.8 Å². The standard InChI is InChI=1S/C17H21NO3/c1-17-6-7-18(2)15(14(17)10-16(19)20)8-11-4-5-12(21-3)9-13(11)17/h4-5,9-10,15H,6-8H2,1-3H3,(H,19,20)/b14-10+. The Morgan fingerprint density at radius 3 is 2.95 bits per heavy atom. The lowest BCUT2D eigenvalue weighted by Gasteiger charge is -2.51. The summed E-state index contributed by atoms with van der Waals surface area (Å²) in [5, 5.41) is 9.25. The predicted molar refractivity (Wildman–Crippen MR) is 80.8 cm³/mol. The van der Waals surface area contributed by atoms with E-state index in [0.29, 0.717) is 0 Å². The lowest BCUT2D eigenvalue weighted by atomic mass is 9.61. The molecule has 1 fully saturated rings. The van der Waals surface area contributed by atoms with E-state index >= 15 is 0 Å². The quantitative estimate of drug-likeness (QED) is 0.847. The summed E-state index contributed by atoms with van der Waals surface area (Å²) in [6.07, 6.45) is 3.21. The Morgan fingerprint density at radius 1 is 1.52 bits per heavy atom. The van der Waals surface area contributed by atoms with Crippen LogP contribution in [0.1, 0.15) is 24.5 Å². The van der Waals surface area contributed by atoms with Gasteiger partial charge < -0.3 is 9.84 Å². The Hall–Kier alpha value is -1.81. The Balaban J connectivity index is 2.20. The van der Waals surface area contributed by atoms with Crippen LogP contribution in [0.3, 0.4) is 0 Å². The van der Waals surface area contributed by atoms with Gasteiger partial charge in [-0.15, -0.1) is 0 Å². The van der Waals surface area contributed by atoms with Crippen molar-refractivity contribution in [2.45, 2.75) is 31.2 Å². The molecular formula is C17H21NO3. The molecule has 2 aliphatic rings. The molecule has 4 nitrogen and oxygen atoms in total. The largest absolute Gasteiger partial charge is 0.497 e. The molecule has 2 unspecified atom stereocenters. The second kappa shape index (κ2) is 4.88. The lowest BCUT2D eigenvalue weighted by Crippen LogP contribution is -2.52. The zero-order valence-corrected chi connectivity index (χ0v) is 12.7. The van der Waals surface area contributed by atoms with Gasteiger partial charge in [-0.1, -0.05) is 13.0 Å². The predicted octanol–water partition coefficient (Wildman–Crippen LogP) is 2.22. The van der Waals surface area contributed by atoms with Gasteiger partial charge in [0.15, 0.2) is 0 Å². The normalized spacial score (nSPS) is 30.0. The van der Waals surface area contributed by atoms with E-state index in [9.17, 15) is 9.90 Å². The van der Waals surface area contributed by atoms with Crippen molar-refractivity contribution in [3.05, 3.63) is 41.0 Å². The fourth-order valence-corrected chi connectivity index (χ4v) is 3.83. The summed E-state index contributed by atoms with van der Waals surface area (Å²) in [5.41, 5.74) is 3.33. The van der Waals surface area contributed by atoms with E-state index in [1.165, 1.54) is 17.2 Å². The Morgan fingerprint density at radius 2 is 2.29 bits per heavy atom. The maximum Gasteiger partial charge on any atom is 0.328 e. The number of aliphatic carboxylic acids is 1. The van der Waals surface area contributed by atoms with Gasteiger partial charge in [0.25, 0.3) is 0 Å². The van der Waals surface area contributed by atoms with Crippen molar-refractivity contribution in [3.63, 3.8) is 0 Å². The fraction of sp³-hybridized carbons (Fsp3) is 0.471. The van der Waals surface area contributed by atoms with Crippen LogP contribution in [0, 0.1) is 0 Å². The topological polar surface area (TPSA) is 49.8 Å². The maximum atomic E-state index is 11.3. The number of likely N-dealkylation sites (tertiary alicyclic amines) is 1. The zero-order valence-electron chi connectivity index (χ0n) is 12.7. The first-order valence-corrected chi connectivity index (χ1v) is 7.28. The molecule has 2 bridgehead atoms. The molecule has 0 amide bonds. The molecular weight excluding hydrogens is 266 g/mol. The summed E-state index contributed by atoms with van der Waals surface area (Å²) in [6.45, 7) is 3.15. The Bertz CT molecular complexity index is 622. The monoisotopic (exact) mass is 287 g/mol. The molecule has 1 aliphatic carbocycles. The van der Waals surface area contributed by atoms with Crippen LogP contribution in [0.2, 0.25) is 0 Å². The number of ether oxygens (including phenoxy) is 1. The lowest BCUT2D eigenvalue weighted by molar-refractivity contribution is -0.131. The molecule has 1 N–H and O–H groups in total. The van der Waals surface area contributed by atoms with Crippen LogP contribution < -0.4 is 4.74 Å². The minimum Gasteiger partial charge on any atom is -0.497 e. The van der Waals surface area contributed by atoms with Gasteiger partial charge in [0, 0.05) is 17.5 Å². The fourth-order valence-electron chi connectivity index (χ4n) is 3.83. The first-order valence-electron chi connectivity index (χ1n) is 7.28. The minimum absolute atomic E-state index is 0.181. The van der Waals surface area contributed by atoms with E-state index in [4.69, 9.17) is 4.74 Å². The number of nitrogens with zero attached hydrogens (tertiary/aromatic N) is 1. The highest BCUT2D eigenvalue weighted by Gasteiger charge is 2.46. The van der Waals surface area contributed by atoms with E-state index in [2.05, 4.69) is 31.0 Å². The van der Waals surface area contributed by atoms with Crippen molar-refractivity contribution in [2.75, 3.05) is 20.7 Å². The van der Waals surface area contributed by atoms with Crippen molar-refractivity contribution in [3.8, 4) is 5.75 Å². The molecule has 0 radical (unpaired) electrons. The number of hydrogen-bond donors (Lipinski definition) is 1. The number of hydrogen-bond acceptors (Lipinski definition) is 3. The molecule has 1 aromatic rings. The molecule has 1 saturated heterocycles. The third-order valence-corrected chi connectivity index (χ3v) is 5.10.